The molecule has 3 unspecified atom stereocenters. The summed E-state index contributed by atoms with van der Waals surface area (Å²) in [6.45, 7) is 5.12. The van der Waals surface area contributed by atoms with Crippen LogP contribution in [0.5, 0.6) is 0 Å². The van der Waals surface area contributed by atoms with Crippen molar-refractivity contribution in [2.45, 2.75) is 89.1 Å². The van der Waals surface area contributed by atoms with E-state index in [9.17, 15) is 0 Å². The van der Waals surface area contributed by atoms with Crippen molar-refractivity contribution in [3.05, 3.63) is 0 Å². The van der Waals surface area contributed by atoms with Crippen molar-refractivity contribution >= 4 is 0 Å². The van der Waals surface area contributed by atoms with Gasteiger partial charge in [-0.25, -0.2) is 0 Å². The first-order chi connectivity index (χ1) is 10.3. The van der Waals surface area contributed by atoms with Gasteiger partial charge in [0, 0.05) is 11.6 Å². The Morgan fingerprint density at radius 2 is 1.76 bits per heavy atom. The molecule has 0 radical (unpaired) electrons. The lowest BCUT2D eigenvalue weighted by molar-refractivity contribution is 0.0369. The number of nitrogens with zero attached hydrogens (tertiary/aromatic N) is 1. The zero-order valence-electron chi connectivity index (χ0n) is 14.4. The van der Waals surface area contributed by atoms with Crippen molar-refractivity contribution in [1.82, 2.24) is 10.2 Å². The topological polar surface area (TPSA) is 15.3 Å². The predicted octanol–water partition coefficient (Wildman–Crippen LogP) is 4.20. The summed E-state index contributed by atoms with van der Waals surface area (Å²) in [7, 11) is 2.25. The molecule has 0 spiro atoms. The Kier molecular flexibility index (Phi) is 5.27. The van der Waals surface area contributed by atoms with Crippen LogP contribution in [0, 0.1) is 11.8 Å². The summed E-state index contributed by atoms with van der Waals surface area (Å²) in [5.41, 5.74) is 0.506. The maximum absolute atomic E-state index is 3.83. The van der Waals surface area contributed by atoms with Crippen molar-refractivity contribution in [2.75, 3.05) is 20.1 Å². The van der Waals surface area contributed by atoms with E-state index in [-0.39, 0.29) is 0 Å². The molecule has 0 bridgehead atoms. The molecule has 2 nitrogen and oxygen atoms in total. The van der Waals surface area contributed by atoms with Crippen LogP contribution in [0.2, 0.25) is 0 Å². The molecule has 1 aliphatic heterocycles. The molecule has 2 aliphatic carbocycles. The summed E-state index contributed by atoms with van der Waals surface area (Å²) in [6, 6.07) is 0.743. The zero-order chi connectivity index (χ0) is 14.7. The van der Waals surface area contributed by atoms with Crippen LogP contribution >= 0.6 is 0 Å². The van der Waals surface area contributed by atoms with Gasteiger partial charge in [0.2, 0.25) is 0 Å². The minimum Gasteiger partial charge on any atom is -0.315 e. The van der Waals surface area contributed by atoms with Gasteiger partial charge in [-0.15, -0.1) is 0 Å². The van der Waals surface area contributed by atoms with Gasteiger partial charge in [0.05, 0.1) is 0 Å². The highest BCUT2D eigenvalue weighted by Gasteiger charge is 2.49. The van der Waals surface area contributed by atoms with E-state index in [2.05, 4.69) is 24.2 Å². The highest BCUT2D eigenvalue weighted by molar-refractivity contribution is 5.07. The van der Waals surface area contributed by atoms with Gasteiger partial charge >= 0.3 is 0 Å². The van der Waals surface area contributed by atoms with E-state index in [0.717, 1.165) is 17.9 Å². The first kappa shape index (κ1) is 15.8. The highest BCUT2D eigenvalue weighted by atomic mass is 15.2. The number of hydrogen-bond acceptors (Lipinski definition) is 2. The van der Waals surface area contributed by atoms with Crippen LogP contribution in [0.4, 0.5) is 0 Å². The molecule has 21 heavy (non-hydrogen) atoms. The summed E-state index contributed by atoms with van der Waals surface area (Å²) < 4.78 is 0. The molecule has 2 saturated carbocycles. The third-order valence-corrected chi connectivity index (χ3v) is 6.97. The average molecular weight is 293 g/mol. The molecule has 2 heteroatoms. The Morgan fingerprint density at radius 3 is 2.38 bits per heavy atom. The van der Waals surface area contributed by atoms with Crippen molar-refractivity contribution in [1.29, 1.82) is 0 Å². The third kappa shape index (κ3) is 3.03. The van der Waals surface area contributed by atoms with Gasteiger partial charge in [0.15, 0.2) is 0 Å². The van der Waals surface area contributed by atoms with Crippen molar-refractivity contribution in [2.24, 2.45) is 11.8 Å². The fourth-order valence-corrected chi connectivity index (χ4v) is 5.92. The molecular formula is C19H36N2. The zero-order valence-corrected chi connectivity index (χ0v) is 14.4. The fraction of sp³-hybridized carbons (Fsp3) is 1.00. The number of rotatable bonds is 5. The minimum atomic E-state index is 0.506. The lowest BCUT2D eigenvalue weighted by atomic mass is 9.70. The van der Waals surface area contributed by atoms with Crippen LogP contribution in [0.25, 0.3) is 0 Å². The SMILES string of the molecule is CCC1CCCC(C(NC)C2(N3CCCC3)CCCC2)C1. The van der Waals surface area contributed by atoms with Crippen LogP contribution in [0.1, 0.15) is 77.6 Å². The molecule has 1 heterocycles. The predicted molar refractivity (Wildman–Crippen MR) is 90.6 cm³/mol. The fourth-order valence-electron chi connectivity index (χ4n) is 5.92. The standard InChI is InChI=1S/C19H36N2/c1-3-16-9-8-10-17(15-16)18(20-2)19(11-4-5-12-19)21-13-6-7-14-21/h16-18,20H,3-15H2,1-2H3. The largest absolute Gasteiger partial charge is 0.315 e. The minimum absolute atomic E-state index is 0.506. The molecule has 3 aliphatic rings. The van der Waals surface area contributed by atoms with Gasteiger partial charge < -0.3 is 5.32 Å². The smallest absolute Gasteiger partial charge is 0.0365 e. The molecule has 3 rings (SSSR count). The van der Waals surface area contributed by atoms with E-state index in [1.807, 2.05) is 0 Å². The quantitative estimate of drug-likeness (QED) is 0.817. The lowest BCUT2D eigenvalue weighted by Gasteiger charge is -2.49. The molecule has 1 saturated heterocycles. The van der Waals surface area contributed by atoms with Crippen molar-refractivity contribution < 1.29 is 0 Å². The highest BCUT2D eigenvalue weighted by Crippen LogP contribution is 2.45. The van der Waals surface area contributed by atoms with Crippen LogP contribution in [-0.2, 0) is 0 Å². The Balaban J connectivity index is 1.78. The van der Waals surface area contributed by atoms with Crippen LogP contribution in [0.3, 0.4) is 0 Å². The first-order valence-electron chi connectivity index (χ1n) is 9.72. The van der Waals surface area contributed by atoms with E-state index in [4.69, 9.17) is 0 Å². The third-order valence-electron chi connectivity index (χ3n) is 6.97. The van der Waals surface area contributed by atoms with E-state index < -0.39 is 0 Å². The summed E-state index contributed by atoms with van der Waals surface area (Å²) in [6.07, 6.45) is 16.0. The second-order valence-electron chi connectivity index (χ2n) is 7.97. The molecular weight excluding hydrogens is 256 g/mol. The maximum atomic E-state index is 3.83. The number of likely N-dealkylation sites (N-methyl/N-ethyl adjacent to an activating group) is 1. The van der Waals surface area contributed by atoms with Crippen molar-refractivity contribution in [3.63, 3.8) is 0 Å². The van der Waals surface area contributed by atoms with Gasteiger partial charge in [-0.3, -0.25) is 4.90 Å². The van der Waals surface area contributed by atoms with Gasteiger partial charge in [0.1, 0.15) is 0 Å². The molecule has 0 aromatic rings. The first-order valence-corrected chi connectivity index (χ1v) is 9.72. The summed E-state index contributed by atoms with van der Waals surface area (Å²) >= 11 is 0. The van der Waals surface area contributed by atoms with Crippen LogP contribution in [-0.4, -0.2) is 36.6 Å². The lowest BCUT2D eigenvalue weighted by Crippen LogP contribution is -2.61. The maximum Gasteiger partial charge on any atom is 0.0365 e. The van der Waals surface area contributed by atoms with Gasteiger partial charge in [0.25, 0.3) is 0 Å². The second-order valence-corrected chi connectivity index (χ2v) is 7.97. The summed E-state index contributed by atoms with van der Waals surface area (Å²) in [4.78, 5) is 2.90. The van der Waals surface area contributed by atoms with Gasteiger partial charge in [-0.05, 0) is 70.5 Å². The van der Waals surface area contributed by atoms with E-state index in [0.29, 0.717) is 5.54 Å². The number of nitrogens with one attached hydrogen (secondary N) is 1. The van der Waals surface area contributed by atoms with Gasteiger partial charge in [-0.1, -0.05) is 39.0 Å². The molecule has 0 amide bonds. The van der Waals surface area contributed by atoms with E-state index in [1.54, 1.807) is 0 Å². The number of likely N-dealkylation sites (tertiary alicyclic amines) is 1. The van der Waals surface area contributed by atoms with Crippen LogP contribution in [0.15, 0.2) is 0 Å². The van der Waals surface area contributed by atoms with Crippen molar-refractivity contribution in [3.8, 4) is 0 Å². The second kappa shape index (κ2) is 7.00. The Morgan fingerprint density at radius 1 is 1.05 bits per heavy atom. The molecule has 3 fully saturated rings. The number of hydrogen-bond donors (Lipinski definition) is 1. The monoisotopic (exact) mass is 292 g/mol. The average Bonchev–Trinajstić information content (AvgIpc) is 3.20. The Bertz CT molecular complexity index is 316. The van der Waals surface area contributed by atoms with E-state index >= 15 is 0 Å². The molecule has 0 aromatic carbocycles. The van der Waals surface area contributed by atoms with Gasteiger partial charge in [-0.2, -0.15) is 0 Å². The molecule has 122 valence electrons. The molecule has 0 aromatic heterocycles. The summed E-state index contributed by atoms with van der Waals surface area (Å²) in [5.74, 6) is 1.92. The van der Waals surface area contributed by atoms with Crippen LogP contribution < -0.4 is 5.32 Å². The van der Waals surface area contributed by atoms with E-state index in [1.165, 1.54) is 83.7 Å². The summed E-state index contributed by atoms with van der Waals surface area (Å²) in [5, 5.41) is 3.83. The normalized spacial score (nSPS) is 35.1. The Hall–Kier alpha value is -0.0800. The molecule has 1 N–H and O–H groups in total. The Labute approximate surface area is 132 Å². The molecule has 3 atom stereocenters.